The number of nitrogens with one attached hydrogen (secondary N) is 3. The number of benzene rings is 1. The lowest BCUT2D eigenvalue weighted by molar-refractivity contribution is -0.143. The molecule has 0 spiro atoms. The fourth-order valence-corrected chi connectivity index (χ4v) is 12.8. The smallest absolute Gasteiger partial charge is 0.343 e. The normalized spacial score (nSPS) is 27.4. The second kappa shape index (κ2) is 22.6. The van der Waals surface area contributed by atoms with Crippen LogP contribution in [0.3, 0.4) is 0 Å². The second-order valence-corrected chi connectivity index (χ2v) is 21.4. The van der Waals surface area contributed by atoms with Crippen molar-refractivity contribution in [2.75, 3.05) is 101 Å². The number of carbonyl (C=O) groups excluding carboxylic acids is 5. The van der Waals surface area contributed by atoms with Gasteiger partial charge in [-0.05, 0) is 102 Å². The number of piperidine rings is 2. The summed E-state index contributed by atoms with van der Waals surface area (Å²) in [6.07, 6.45) is 16.4. The molecule has 5 saturated heterocycles. The van der Waals surface area contributed by atoms with Crippen molar-refractivity contribution in [1.29, 1.82) is 0 Å². The van der Waals surface area contributed by atoms with Crippen molar-refractivity contribution in [3.63, 3.8) is 0 Å². The van der Waals surface area contributed by atoms with Crippen molar-refractivity contribution in [2.45, 2.75) is 120 Å². The average Bonchev–Trinajstić information content (AvgIpc) is 4.08. The Morgan fingerprint density at radius 3 is 1.96 bits per heavy atom. The quantitative estimate of drug-likeness (QED) is 0.163. The predicted molar refractivity (Wildman–Crippen MR) is 273 cm³/mol. The Morgan fingerprint density at radius 1 is 0.694 bits per heavy atom. The number of piperazine rings is 2. The summed E-state index contributed by atoms with van der Waals surface area (Å²) >= 11 is 0. The van der Waals surface area contributed by atoms with Crippen LogP contribution in [0.5, 0.6) is 0 Å². The van der Waals surface area contributed by atoms with E-state index < -0.39 is 5.97 Å². The number of imide groups is 1. The van der Waals surface area contributed by atoms with Gasteiger partial charge in [0.05, 0.1) is 24.4 Å². The van der Waals surface area contributed by atoms with Crippen LogP contribution in [0.15, 0.2) is 42.9 Å². The Bertz CT molecular complexity index is 2380. The molecule has 1 aromatic carbocycles. The first-order valence-corrected chi connectivity index (χ1v) is 27.1. The van der Waals surface area contributed by atoms with Crippen molar-refractivity contribution < 1.29 is 28.7 Å². The number of carbonyl (C=O) groups is 5. The third-order valence-electron chi connectivity index (χ3n) is 17.1. The molecule has 72 heavy (non-hydrogen) atoms. The molecule has 0 bridgehead atoms. The van der Waals surface area contributed by atoms with Crippen molar-refractivity contribution in [1.82, 2.24) is 49.6 Å². The van der Waals surface area contributed by atoms with Gasteiger partial charge in [-0.25, -0.2) is 9.78 Å². The minimum atomic E-state index is -0.450. The summed E-state index contributed by atoms with van der Waals surface area (Å²) in [6, 6.07) is 10.1. The van der Waals surface area contributed by atoms with Gasteiger partial charge in [0.15, 0.2) is 0 Å². The maximum atomic E-state index is 13.8. The van der Waals surface area contributed by atoms with Crippen LogP contribution in [0.2, 0.25) is 0 Å². The fourth-order valence-electron chi connectivity index (χ4n) is 12.8. The summed E-state index contributed by atoms with van der Waals surface area (Å²) in [5, 5.41) is 13.4. The zero-order valence-electron chi connectivity index (χ0n) is 42.4. The number of esters is 1. The number of aromatic nitrogens is 4. The fraction of sp³-hybridized carbons (Fsp3) is 0.660. The molecule has 2 unspecified atom stereocenters. The SMILES string of the molecule is CCOC(=O)c1cnc(Nc2cnn(C)c2)nc1NC1CCC(N2CCN(C(=O)C3CCC(C(=O)N4CCC(N5CCC(N6CCN(c7ccc(C8CCC(=O)NC8=O)cc7)CC6)C5)CC4)CC3)CC2)CC1. The number of aryl methyl sites for hydroxylation is 1. The number of anilines is 4. The first kappa shape index (κ1) is 49.9. The summed E-state index contributed by atoms with van der Waals surface area (Å²) in [4.78, 5) is 88.1. The van der Waals surface area contributed by atoms with Gasteiger partial charge in [-0.3, -0.25) is 43.9 Å². The van der Waals surface area contributed by atoms with Crippen LogP contribution in [0.4, 0.5) is 23.1 Å². The van der Waals surface area contributed by atoms with E-state index >= 15 is 0 Å². The molecule has 10 rings (SSSR count). The van der Waals surface area contributed by atoms with Gasteiger partial charge in [0.25, 0.3) is 0 Å². The Morgan fingerprint density at radius 2 is 1.32 bits per heavy atom. The van der Waals surface area contributed by atoms with E-state index in [1.807, 2.05) is 13.2 Å². The molecule has 7 heterocycles. The third-order valence-corrected chi connectivity index (χ3v) is 17.1. The molecule has 388 valence electrons. The highest BCUT2D eigenvalue weighted by atomic mass is 16.5. The van der Waals surface area contributed by atoms with Crippen LogP contribution in [-0.4, -0.2) is 183 Å². The van der Waals surface area contributed by atoms with Crippen LogP contribution >= 0.6 is 0 Å². The van der Waals surface area contributed by atoms with Crippen LogP contribution in [-0.2, 0) is 31.0 Å². The molecule has 7 fully saturated rings. The Hall–Kier alpha value is -5.66. The van der Waals surface area contributed by atoms with Crippen molar-refractivity contribution >= 4 is 52.7 Å². The van der Waals surface area contributed by atoms with E-state index in [0.29, 0.717) is 54.2 Å². The molecule has 2 aromatic heterocycles. The molecule has 0 radical (unpaired) electrons. The molecule has 2 saturated carbocycles. The largest absolute Gasteiger partial charge is 0.462 e. The van der Waals surface area contributed by atoms with Crippen molar-refractivity contribution in [2.24, 2.45) is 18.9 Å². The number of hydrogen-bond acceptors (Lipinski definition) is 15. The van der Waals surface area contributed by atoms with Crippen LogP contribution in [0.1, 0.15) is 112 Å². The molecule has 3 aromatic rings. The number of rotatable bonds is 13. The van der Waals surface area contributed by atoms with E-state index in [4.69, 9.17) is 4.74 Å². The standard InChI is InChI=1S/C53H75N13O6/c1-3-72-52(71)46-33-54-53(57-40-32-55-60(2)34-40)59-48(46)56-39-10-14-42(15-11-39)62-28-30-65(31-29-62)51(70)38-6-4-37(5-7-38)50(69)64-21-18-43(19-22-64)66-23-20-44(35-66)63-26-24-61(25-27-63)41-12-8-36(9-13-41)45-16-17-47(67)58-49(45)68/h8-9,12-13,32-34,37-39,42-45H,3-7,10-11,14-31,35H2,1-2H3,(H,58,67,68)(H2,54,56,57,59). The highest BCUT2D eigenvalue weighted by molar-refractivity contribution is 6.01. The third kappa shape index (κ3) is 11.6. The Kier molecular flexibility index (Phi) is 15.7. The van der Waals surface area contributed by atoms with E-state index in [-0.39, 0.29) is 48.1 Å². The Labute approximate surface area is 423 Å². The Balaban J connectivity index is 0.606. The molecule has 2 atom stereocenters. The van der Waals surface area contributed by atoms with Crippen molar-refractivity contribution in [3.05, 3.63) is 54.0 Å². The monoisotopic (exact) mass is 990 g/mol. The second-order valence-electron chi connectivity index (χ2n) is 21.4. The number of amides is 4. The lowest BCUT2D eigenvalue weighted by Crippen LogP contribution is -2.54. The van der Waals surface area contributed by atoms with Crippen LogP contribution < -0.4 is 20.9 Å². The highest BCUT2D eigenvalue weighted by Crippen LogP contribution is 2.35. The van der Waals surface area contributed by atoms with Gasteiger partial charge in [-0.2, -0.15) is 10.1 Å². The maximum Gasteiger partial charge on any atom is 0.343 e. The van der Waals surface area contributed by atoms with Gasteiger partial charge in [0, 0.05) is 146 Å². The predicted octanol–water partition coefficient (Wildman–Crippen LogP) is 4.21. The first-order valence-electron chi connectivity index (χ1n) is 27.1. The molecule has 2 aliphatic carbocycles. The van der Waals surface area contributed by atoms with E-state index in [9.17, 15) is 24.0 Å². The molecule has 7 aliphatic rings. The van der Waals surface area contributed by atoms with Gasteiger partial charge in [0.2, 0.25) is 29.6 Å². The van der Waals surface area contributed by atoms with E-state index in [0.717, 1.165) is 154 Å². The zero-order chi connectivity index (χ0) is 49.7. The highest BCUT2D eigenvalue weighted by Gasteiger charge is 2.39. The first-order chi connectivity index (χ1) is 35.0. The molecule has 4 amide bonds. The lowest BCUT2D eigenvalue weighted by Gasteiger charge is -2.43. The summed E-state index contributed by atoms with van der Waals surface area (Å²) in [7, 11) is 1.84. The van der Waals surface area contributed by atoms with Crippen LogP contribution in [0, 0.1) is 11.8 Å². The summed E-state index contributed by atoms with van der Waals surface area (Å²) in [5.41, 5.74) is 3.24. The number of likely N-dealkylation sites (tertiary alicyclic amines) is 2. The van der Waals surface area contributed by atoms with E-state index in [1.165, 1.54) is 18.3 Å². The molecule has 5 aliphatic heterocycles. The summed E-state index contributed by atoms with van der Waals surface area (Å²) in [5.74, 6) is 0.396. The molecule has 3 N–H and O–H groups in total. The molecule has 19 heteroatoms. The van der Waals surface area contributed by atoms with Gasteiger partial charge in [-0.15, -0.1) is 0 Å². The maximum absolute atomic E-state index is 13.8. The summed E-state index contributed by atoms with van der Waals surface area (Å²) < 4.78 is 7.01. The van der Waals surface area contributed by atoms with Gasteiger partial charge in [0.1, 0.15) is 11.4 Å². The lowest BCUT2D eigenvalue weighted by atomic mass is 9.80. The minimum absolute atomic E-state index is 0.0127. The minimum Gasteiger partial charge on any atom is -0.462 e. The molecular weight excluding hydrogens is 915 g/mol. The van der Waals surface area contributed by atoms with Crippen LogP contribution in [0.25, 0.3) is 0 Å². The molecular formula is C53H75N13O6. The van der Waals surface area contributed by atoms with Gasteiger partial charge in [-0.1, -0.05) is 12.1 Å². The van der Waals surface area contributed by atoms with Crippen molar-refractivity contribution in [3.8, 4) is 0 Å². The van der Waals surface area contributed by atoms with E-state index in [1.54, 1.807) is 17.8 Å². The zero-order valence-corrected chi connectivity index (χ0v) is 42.4. The van der Waals surface area contributed by atoms with Gasteiger partial charge < -0.3 is 30.1 Å². The van der Waals surface area contributed by atoms with E-state index in [2.05, 4.69) is 84.7 Å². The topological polar surface area (TPSA) is 194 Å². The number of nitrogens with zero attached hydrogens (tertiary/aromatic N) is 10. The average molecular weight is 990 g/mol. The summed E-state index contributed by atoms with van der Waals surface area (Å²) in [6.45, 7) is 13.2. The number of ether oxygens (including phenoxy) is 1. The molecule has 19 nitrogen and oxygen atoms in total. The van der Waals surface area contributed by atoms with Gasteiger partial charge >= 0.3 is 5.97 Å². The number of hydrogen-bond donors (Lipinski definition) is 3.